The smallest absolute Gasteiger partial charge is 0.330 e. The molecule has 0 atom stereocenters. The van der Waals surface area contributed by atoms with Crippen LogP contribution < -0.4 is 10.2 Å². The molecule has 23 heavy (non-hydrogen) atoms. The molecule has 0 bridgehead atoms. The highest BCUT2D eigenvalue weighted by Gasteiger charge is 2.16. The largest absolute Gasteiger partial charge is 0.463 e. The van der Waals surface area contributed by atoms with E-state index in [1.165, 1.54) is 18.2 Å². The summed E-state index contributed by atoms with van der Waals surface area (Å²) in [7, 11) is 0. The van der Waals surface area contributed by atoms with Crippen LogP contribution in [0.3, 0.4) is 0 Å². The van der Waals surface area contributed by atoms with Crippen molar-refractivity contribution in [2.24, 2.45) is 0 Å². The summed E-state index contributed by atoms with van der Waals surface area (Å²) in [6.45, 7) is 5.43. The molecule has 0 aromatic heterocycles. The third-order valence-electron chi connectivity index (χ3n) is 3.38. The molecular formula is C15H20ClN3O4. The SMILES string of the molecule is CCOC(=O)/C=C/c1cc(N2CCNCC2)ccc1[N+](=O)[O-].Cl. The molecule has 1 aliphatic rings. The van der Waals surface area contributed by atoms with Crippen molar-refractivity contribution in [3.63, 3.8) is 0 Å². The summed E-state index contributed by atoms with van der Waals surface area (Å²) in [6.07, 6.45) is 2.65. The third-order valence-corrected chi connectivity index (χ3v) is 3.38. The second kappa shape index (κ2) is 9.12. The lowest BCUT2D eigenvalue weighted by molar-refractivity contribution is -0.385. The zero-order valence-electron chi connectivity index (χ0n) is 12.9. The van der Waals surface area contributed by atoms with Gasteiger partial charge in [0.2, 0.25) is 0 Å². The maximum atomic E-state index is 11.4. The van der Waals surface area contributed by atoms with E-state index >= 15 is 0 Å². The first kappa shape index (κ1) is 18.9. The lowest BCUT2D eigenvalue weighted by Crippen LogP contribution is -2.43. The highest BCUT2D eigenvalue weighted by Crippen LogP contribution is 2.26. The molecule has 0 aliphatic carbocycles. The summed E-state index contributed by atoms with van der Waals surface area (Å²) in [5.74, 6) is -0.510. The van der Waals surface area contributed by atoms with Crippen LogP contribution in [0, 0.1) is 10.1 Å². The minimum absolute atomic E-state index is 0. The van der Waals surface area contributed by atoms with Crippen LogP contribution in [0.1, 0.15) is 12.5 Å². The lowest BCUT2D eigenvalue weighted by Gasteiger charge is -2.29. The van der Waals surface area contributed by atoms with E-state index in [0.29, 0.717) is 5.56 Å². The average Bonchev–Trinajstić information content (AvgIpc) is 2.53. The fourth-order valence-corrected chi connectivity index (χ4v) is 2.31. The molecule has 0 unspecified atom stereocenters. The maximum Gasteiger partial charge on any atom is 0.330 e. The Hall–Kier alpha value is -2.12. The van der Waals surface area contributed by atoms with Crippen LogP contribution in [0.4, 0.5) is 11.4 Å². The highest BCUT2D eigenvalue weighted by atomic mass is 35.5. The number of benzene rings is 1. The third kappa shape index (κ3) is 5.22. The van der Waals surface area contributed by atoms with Gasteiger partial charge in [0.15, 0.2) is 0 Å². The molecular weight excluding hydrogens is 322 g/mol. The molecule has 0 radical (unpaired) electrons. The predicted molar refractivity (Wildman–Crippen MR) is 91.1 cm³/mol. The van der Waals surface area contributed by atoms with E-state index in [1.54, 1.807) is 19.1 Å². The number of nitrogens with one attached hydrogen (secondary N) is 1. The van der Waals surface area contributed by atoms with E-state index in [1.807, 2.05) is 0 Å². The van der Waals surface area contributed by atoms with Gasteiger partial charge in [-0.2, -0.15) is 0 Å². The van der Waals surface area contributed by atoms with Gasteiger partial charge in [-0.15, -0.1) is 12.4 Å². The molecule has 1 heterocycles. The van der Waals surface area contributed by atoms with Crippen LogP contribution in [0.5, 0.6) is 0 Å². The van der Waals surface area contributed by atoms with E-state index in [0.717, 1.165) is 31.9 Å². The second-order valence-corrected chi connectivity index (χ2v) is 4.82. The molecule has 7 nitrogen and oxygen atoms in total. The molecule has 0 saturated carbocycles. The lowest BCUT2D eigenvalue weighted by atomic mass is 10.1. The van der Waals surface area contributed by atoms with Gasteiger partial charge < -0.3 is 15.0 Å². The number of rotatable bonds is 5. The molecule has 1 aromatic carbocycles. The number of hydrogen-bond acceptors (Lipinski definition) is 6. The van der Waals surface area contributed by atoms with E-state index in [4.69, 9.17) is 4.74 Å². The van der Waals surface area contributed by atoms with Crippen molar-refractivity contribution in [3.05, 3.63) is 40.0 Å². The minimum atomic E-state index is -0.510. The van der Waals surface area contributed by atoms with Gasteiger partial charge in [-0.3, -0.25) is 10.1 Å². The van der Waals surface area contributed by atoms with Gasteiger partial charge >= 0.3 is 5.97 Å². The zero-order valence-corrected chi connectivity index (χ0v) is 13.7. The van der Waals surface area contributed by atoms with Crippen molar-refractivity contribution in [3.8, 4) is 0 Å². The molecule has 2 rings (SSSR count). The van der Waals surface area contributed by atoms with E-state index < -0.39 is 10.9 Å². The zero-order chi connectivity index (χ0) is 15.9. The van der Waals surface area contributed by atoms with E-state index in [9.17, 15) is 14.9 Å². The molecule has 1 fully saturated rings. The van der Waals surface area contributed by atoms with Crippen molar-refractivity contribution in [1.82, 2.24) is 5.32 Å². The summed E-state index contributed by atoms with van der Waals surface area (Å²) in [5.41, 5.74) is 1.28. The van der Waals surface area contributed by atoms with Gasteiger partial charge in [0, 0.05) is 44.0 Å². The van der Waals surface area contributed by atoms with Crippen LogP contribution in [-0.2, 0) is 9.53 Å². The summed E-state index contributed by atoms with van der Waals surface area (Å²) < 4.78 is 4.80. The Morgan fingerprint density at radius 2 is 2.13 bits per heavy atom. The Morgan fingerprint density at radius 3 is 2.74 bits per heavy atom. The van der Waals surface area contributed by atoms with Gasteiger partial charge in [-0.05, 0) is 25.1 Å². The Labute approximate surface area is 140 Å². The predicted octanol–water partition coefficient (Wildman–Crippen LogP) is 2.00. The first-order chi connectivity index (χ1) is 10.6. The van der Waals surface area contributed by atoms with Crippen molar-refractivity contribution in [2.75, 3.05) is 37.7 Å². The van der Waals surface area contributed by atoms with Gasteiger partial charge in [0.1, 0.15) is 0 Å². The minimum Gasteiger partial charge on any atom is -0.463 e. The van der Waals surface area contributed by atoms with Crippen LogP contribution >= 0.6 is 12.4 Å². The Morgan fingerprint density at radius 1 is 1.43 bits per heavy atom. The van der Waals surface area contributed by atoms with E-state index in [2.05, 4.69) is 10.2 Å². The normalized spacial score (nSPS) is 14.4. The fourth-order valence-electron chi connectivity index (χ4n) is 2.31. The molecule has 126 valence electrons. The average molecular weight is 342 g/mol. The number of nitro groups is 1. The summed E-state index contributed by atoms with van der Waals surface area (Å²) >= 11 is 0. The molecule has 0 amide bonds. The summed E-state index contributed by atoms with van der Waals surface area (Å²) in [5, 5.41) is 14.4. The number of carbonyl (C=O) groups is 1. The number of piperazine rings is 1. The Balaban J connectivity index is 0.00000264. The number of esters is 1. The summed E-state index contributed by atoms with van der Waals surface area (Å²) in [6, 6.07) is 4.95. The first-order valence-corrected chi connectivity index (χ1v) is 7.20. The number of carbonyl (C=O) groups excluding carboxylic acids is 1. The van der Waals surface area contributed by atoms with Crippen molar-refractivity contribution in [2.45, 2.75) is 6.92 Å². The van der Waals surface area contributed by atoms with Crippen LogP contribution in [0.25, 0.3) is 6.08 Å². The number of ether oxygens (including phenoxy) is 1. The van der Waals surface area contributed by atoms with Crippen molar-refractivity contribution in [1.29, 1.82) is 0 Å². The van der Waals surface area contributed by atoms with Gasteiger partial charge in [-0.1, -0.05) is 0 Å². The topological polar surface area (TPSA) is 84.7 Å². The molecule has 1 saturated heterocycles. The highest BCUT2D eigenvalue weighted by molar-refractivity contribution is 5.88. The van der Waals surface area contributed by atoms with Gasteiger partial charge in [-0.25, -0.2) is 4.79 Å². The standard InChI is InChI=1S/C15H19N3O4.ClH/c1-2-22-15(19)6-3-12-11-13(4-5-14(12)18(20)21)17-9-7-16-8-10-17;/h3-6,11,16H,2,7-10H2,1H3;1H/b6-3+;. The second-order valence-electron chi connectivity index (χ2n) is 4.82. The maximum absolute atomic E-state index is 11.4. The fraction of sp³-hybridized carbons (Fsp3) is 0.400. The number of nitro benzene ring substituents is 1. The van der Waals surface area contributed by atoms with Crippen LogP contribution in [-0.4, -0.2) is 43.7 Å². The Bertz CT molecular complexity index is 586. The monoisotopic (exact) mass is 341 g/mol. The van der Waals surface area contributed by atoms with Crippen molar-refractivity contribution >= 4 is 35.8 Å². The molecule has 8 heteroatoms. The number of halogens is 1. The summed E-state index contributed by atoms with van der Waals surface area (Å²) in [4.78, 5) is 24.2. The van der Waals surface area contributed by atoms with Gasteiger partial charge in [0.25, 0.3) is 5.69 Å². The van der Waals surface area contributed by atoms with Crippen molar-refractivity contribution < 1.29 is 14.5 Å². The van der Waals surface area contributed by atoms with Gasteiger partial charge in [0.05, 0.1) is 17.1 Å². The molecule has 1 N–H and O–H groups in total. The molecule has 1 aliphatic heterocycles. The van der Waals surface area contributed by atoms with Crippen LogP contribution in [0.2, 0.25) is 0 Å². The quantitative estimate of drug-likeness (QED) is 0.381. The number of anilines is 1. The van der Waals surface area contributed by atoms with Crippen LogP contribution in [0.15, 0.2) is 24.3 Å². The van der Waals surface area contributed by atoms with E-state index in [-0.39, 0.29) is 24.7 Å². The molecule has 0 spiro atoms. The number of hydrogen-bond donors (Lipinski definition) is 1. The molecule has 1 aromatic rings. The first-order valence-electron chi connectivity index (χ1n) is 7.20. The number of nitrogens with zero attached hydrogens (tertiary/aromatic N) is 2. The Kier molecular flexibility index (Phi) is 7.50.